The lowest BCUT2D eigenvalue weighted by atomic mass is 10.1. The number of amides is 1. The topological polar surface area (TPSA) is 71.3 Å². The van der Waals surface area contributed by atoms with Crippen molar-refractivity contribution >= 4 is 22.6 Å². The van der Waals surface area contributed by atoms with E-state index in [0.717, 1.165) is 6.07 Å². The lowest BCUT2D eigenvalue weighted by Gasteiger charge is -2.16. The molecule has 0 bridgehead atoms. The molecule has 7 heteroatoms. The van der Waals surface area contributed by atoms with Crippen LogP contribution in [0.2, 0.25) is 0 Å². The van der Waals surface area contributed by atoms with E-state index in [1.807, 2.05) is 0 Å². The highest BCUT2D eigenvalue weighted by Crippen LogP contribution is 2.23. The number of hydrogen-bond donors (Lipinski definition) is 2. The second kappa shape index (κ2) is 7.67. The van der Waals surface area contributed by atoms with Gasteiger partial charge >= 0.3 is 5.63 Å². The van der Waals surface area contributed by atoms with Gasteiger partial charge in [0.1, 0.15) is 17.2 Å². The fraction of sp³-hybridized carbons (Fsp3) is 0.200. The smallest absolute Gasteiger partial charge is 0.336 e. The minimum atomic E-state index is -0.634. The number of halogens is 2. The van der Waals surface area contributed by atoms with E-state index in [0.29, 0.717) is 27.8 Å². The summed E-state index contributed by atoms with van der Waals surface area (Å²) < 4.78 is 32.2. The summed E-state index contributed by atoms with van der Waals surface area (Å²) in [4.78, 5) is 23.0. The summed E-state index contributed by atoms with van der Waals surface area (Å²) in [6.45, 7) is 3.41. The van der Waals surface area contributed by atoms with Crippen LogP contribution in [0, 0.1) is 11.6 Å². The molecule has 1 heterocycles. The van der Waals surface area contributed by atoms with E-state index in [9.17, 15) is 18.4 Å². The molecule has 0 aliphatic rings. The first-order valence-corrected chi connectivity index (χ1v) is 8.36. The summed E-state index contributed by atoms with van der Waals surface area (Å²) in [5, 5.41) is 6.46. The predicted octanol–water partition coefficient (Wildman–Crippen LogP) is 3.88. The van der Waals surface area contributed by atoms with Gasteiger partial charge in [-0.15, -0.1) is 0 Å². The summed E-state index contributed by atoms with van der Waals surface area (Å²) in [5.41, 5.74) is 1.33. The molecule has 2 aromatic carbocycles. The lowest BCUT2D eigenvalue weighted by Crippen LogP contribution is -2.20. The monoisotopic (exact) mass is 372 g/mol. The highest BCUT2D eigenvalue weighted by atomic mass is 19.1. The van der Waals surface area contributed by atoms with Gasteiger partial charge in [-0.2, -0.15) is 0 Å². The van der Waals surface area contributed by atoms with Crippen molar-refractivity contribution in [3.63, 3.8) is 0 Å². The molecule has 5 nitrogen and oxygen atoms in total. The number of nitrogens with one attached hydrogen (secondary N) is 2. The Balaban J connectivity index is 1.85. The van der Waals surface area contributed by atoms with Crippen molar-refractivity contribution in [2.75, 3.05) is 5.32 Å². The van der Waals surface area contributed by atoms with Gasteiger partial charge in [-0.1, -0.05) is 6.07 Å². The quantitative estimate of drug-likeness (QED) is 0.667. The minimum Gasteiger partial charge on any atom is -0.423 e. The van der Waals surface area contributed by atoms with E-state index in [-0.39, 0.29) is 12.5 Å². The summed E-state index contributed by atoms with van der Waals surface area (Å²) in [7, 11) is 0. The van der Waals surface area contributed by atoms with Crippen LogP contribution in [0.5, 0.6) is 0 Å². The maximum Gasteiger partial charge on any atom is 0.336 e. The molecule has 2 N–H and O–H groups in total. The Kier molecular flexibility index (Phi) is 5.32. The molecule has 0 aliphatic heterocycles. The van der Waals surface area contributed by atoms with Crippen LogP contribution in [-0.2, 0) is 11.3 Å². The molecule has 0 saturated carbocycles. The van der Waals surface area contributed by atoms with Gasteiger partial charge in [0.2, 0.25) is 5.91 Å². The maximum atomic E-state index is 13.9. The zero-order valence-corrected chi connectivity index (χ0v) is 14.8. The molecule has 0 radical (unpaired) electrons. The molecule has 1 amide bonds. The number of rotatable bonds is 5. The fourth-order valence-electron chi connectivity index (χ4n) is 2.88. The molecule has 0 saturated heterocycles. The molecule has 3 aromatic rings. The van der Waals surface area contributed by atoms with Gasteiger partial charge in [-0.25, -0.2) is 13.6 Å². The average Bonchev–Trinajstić information content (AvgIpc) is 2.58. The van der Waals surface area contributed by atoms with E-state index >= 15 is 0 Å². The largest absolute Gasteiger partial charge is 0.423 e. The second-order valence-electron chi connectivity index (χ2n) is 6.25. The molecule has 1 atom stereocenters. The van der Waals surface area contributed by atoms with E-state index < -0.39 is 23.3 Å². The van der Waals surface area contributed by atoms with Crippen molar-refractivity contribution in [3.05, 3.63) is 75.6 Å². The molecule has 140 valence electrons. The molecule has 1 aromatic heterocycles. The van der Waals surface area contributed by atoms with E-state index in [1.165, 1.54) is 25.1 Å². The van der Waals surface area contributed by atoms with Crippen LogP contribution < -0.4 is 16.3 Å². The number of benzene rings is 2. The van der Waals surface area contributed by atoms with Crippen molar-refractivity contribution in [1.29, 1.82) is 0 Å². The Hall–Kier alpha value is -3.06. The molecular formula is C20H18F2N2O3. The van der Waals surface area contributed by atoms with E-state index in [4.69, 9.17) is 4.42 Å². The number of anilines is 1. The molecule has 0 spiro atoms. The molecule has 0 fully saturated rings. The van der Waals surface area contributed by atoms with Crippen molar-refractivity contribution in [2.24, 2.45) is 0 Å². The third-order valence-electron chi connectivity index (χ3n) is 4.18. The van der Waals surface area contributed by atoms with Gasteiger partial charge < -0.3 is 15.1 Å². The highest BCUT2D eigenvalue weighted by Gasteiger charge is 2.13. The molecule has 3 rings (SSSR count). The Bertz CT molecular complexity index is 1060. The third kappa shape index (κ3) is 4.38. The van der Waals surface area contributed by atoms with Gasteiger partial charge in [0, 0.05) is 54.3 Å². The second-order valence-corrected chi connectivity index (χ2v) is 6.25. The van der Waals surface area contributed by atoms with Crippen LogP contribution >= 0.6 is 0 Å². The van der Waals surface area contributed by atoms with Gasteiger partial charge in [0.05, 0.1) is 0 Å². The maximum absolute atomic E-state index is 13.9. The van der Waals surface area contributed by atoms with Crippen LogP contribution in [0.25, 0.3) is 11.0 Å². The standard InChI is InChI=1S/C20H18F2N2O3/c1-11(16-5-3-14(21)8-18(16)22)23-10-13-7-20(26)27-19-9-15(24-12(2)25)4-6-17(13)19/h3-9,11,23H,10H2,1-2H3,(H,24,25). The zero-order valence-electron chi connectivity index (χ0n) is 14.8. The third-order valence-corrected chi connectivity index (χ3v) is 4.18. The fourth-order valence-corrected chi connectivity index (χ4v) is 2.88. The summed E-state index contributed by atoms with van der Waals surface area (Å²) in [6, 6.07) is 9.41. The first kappa shape index (κ1) is 18.7. The van der Waals surface area contributed by atoms with E-state index in [1.54, 1.807) is 25.1 Å². The Morgan fingerprint density at radius 2 is 1.93 bits per heavy atom. The zero-order chi connectivity index (χ0) is 19.6. The molecule has 27 heavy (non-hydrogen) atoms. The number of hydrogen-bond acceptors (Lipinski definition) is 4. The summed E-state index contributed by atoms with van der Waals surface area (Å²) in [5.74, 6) is -1.50. The highest BCUT2D eigenvalue weighted by molar-refractivity contribution is 5.92. The lowest BCUT2D eigenvalue weighted by molar-refractivity contribution is -0.114. The van der Waals surface area contributed by atoms with Gasteiger partial charge in [-0.3, -0.25) is 4.79 Å². The van der Waals surface area contributed by atoms with Gasteiger partial charge in [-0.05, 0) is 30.7 Å². The van der Waals surface area contributed by atoms with Crippen LogP contribution in [0.15, 0.2) is 51.7 Å². The van der Waals surface area contributed by atoms with Crippen LogP contribution in [0.1, 0.15) is 31.0 Å². The SMILES string of the molecule is CC(=O)Nc1ccc2c(CNC(C)c3ccc(F)cc3F)cc(=O)oc2c1. The molecule has 0 aliphatic carbocycles. The van der Waals surface area contributed by atoms with Crippen molar-refractivity contribution in [1.82, 2.24) is 5.32 Å². The predicted molar refractivity (Wildman–Crippen MR) is 98.4 cm³/mol. The van der Waals surface area contributed by atoms with Crippen molar-refractivity contribution in [3.8, 4) is 0 Å². The minimum absolute atomic E-state index is 0.232. The van der Waals surface area contributed by atoms with Crippen LogP contribution in [-0.4, -0.2) is 5.91 Å². The van der Waals surface area contributed by atoms with Crippen molar-refractivity contribution < 1.29 is 18.0 Å². The average molecular weight is 372 g/mol. The summed E-state index contributed by atoms with van der Waals surface area (Å²) >= 11 is 0. The normalized spacial score (nSPS) is 12.1. The van der Waals surface area contributed by atoms with Crippen LogP contribution in [0.3, 0.4) is 0 Å². The Labute approximate surface area is 154 Å². The Morgan fingerprint density at radius 3 is 2.63 bits per heavy atom. The first-order valence-electron chi connectivity index (χ1n) is 8.36. The first-order chi connectivity index (χ1) is 12.8. The van der Waals surface area contributed by atoms with E-state index in [2.05, 4.69) is 10.6 Å². The van der Waals surface area contributed by atoms with Gasteiger partial charge in [0.15, 0.2) is 0 Å². The Morgan fingerprint density at radius 1 is 1.15 bits per heavy atom. The van der Waals surface area contributed by atoms with Gasteiger partial charge in [0.25, 0.3) is 0 Å². The molecule has 1 unspecified atom stereocenters. The van der Waals surface area contributed by atoms with Crippen molar-refractivity contribution in [2.45, 2.75) is 26.4 Å². The molecular weight excluding hydrogens is 354 g/mol. The van der Waals surface area contributed by atoms with Crippen LogP contribution in [0.4, 0.5) is 14.5 Å². The number of carbonyl (C=O) groups is 1. The number of fused-ring (bicyclic) bond motifs is 1. The number of carbonyl (C=O) groups excluding carboxylic acids is 1. The summed E-state index contributed by atoms with van der Waals surface area (Å²) in [6.07, 6.45) is 0.